The summed E-state index contributed by atoms with van der Waals surface area (Å²) in [5.74, 6) is 0. The van der Waals surface area contributed by atoms with Crippen molar-refractivity contribution in [1.29, 1.82) is 0 Å². The molecule has 0 spiro atoms. The molecule has 0 amide bonds. The lowest BCUT2D eigenvalue weighted by atomic mass is 9.82. The molecular weight excluding hydrogens is 913 g/mol. The third-order valence-corrected chi connectivity index (χ3v) is 17.1. The first-order valence-electron chi connectivity index (χ1n) is 25.7. The summed E-state index contributed by atoms with van der Waals surface area (Å²) in [4.78, 5) is 4.85. The molecule has 1 aliphatic rings. The molecule has 0 aliphatic heterocycles. The van der Waals surface area contributed by atoms with E-state index >= 15 is 0 Å². The van der Waals surface area contributed by atoms with Gasteiger partial charge in [0.05, 0.1) is 0 Å². The van der Waals surface area contributed by atoms with Crippen molar-refractivity contribution in [3.8, 4) is 33.4 Å². The summed E-state index contributed by atoms with van der Waals surface area (Å²) < 4.78 is 2.67. The number of thiophene rings is 1. The molecule has 0 saturated carbocycles. The highest BCUT2D eigenvalue weighted by Crippen LogP contribution is 2.53. The molecule has 1 heterocycles. The van der Waals surface area contributed by atoms with Gasteiger partial charge < -0.3 is 9.80 Å². The molecule has 0 saturated heterocycles. The van der Waals surface area contributed by atoms with Crippen LogP contribution in [0.1, 0.15) is 36.1 Å². The Hall–Kier alpha value is -8.76. The van der Waals surface area contributed by atoms with Gasteiger partial charge in [0.1, 0.15) is 0 Å². The molecule has 2 nitrogen and oxygen atoms in total. The van der Waals surface area contributed by atoms with Crippen LogP contribution in [0.25, 0.3) is 85.9 Å². The van der Waals surface area contributed by atoms with Gasteiger partial charge in [0.15, 0.2) is 0 Å². The maximum atomic E-state index is 2.49. The Morgan fingerprint density at radius 3 is 1.31 bits per heavy atom. The van der Waals surface area contributed by atoms with Gasteiger partial charge in [-0.25, -0.2) is 0 Å². The second-order valence-electron chi connectivity index (χ2n) is 20.6. The molecule has 0 bridgehead atoms. The summed E-state index contributed by atoms with van der Waals surface area (Å²) in [6.45, 7) is 9.33. The molecule has 1 aliphatic carbocycles. The van der Waals surface area contributed by atoms with E-state index in [1.54, 1.807) is 0 Å². The highest BCUT2D eigenvalue weighted by atomic mass is 32.1. The zero-order valence-electron chi connectivity index (χ0n) is 41.9. The van der Waals surface area contributed by atoms with E-state index < -0.39 is 0 Å². The Bertz CT molecular complexity index is 4300. The van der Waals surface area contributed by atoms with Gasteiger partial charge in [0, 0.05) is 59.7 Å². The zero-order chi connectivity index (χ0) is 49.7. The molecule has 74 heavy (non-hydrogen) atoms. The summed E-state index contributed by atoms with van der Waals surface area (Å²) in [6.07, 6.45) is 0. The summed E-state index contributed by atoms with van der Waals surface area (Å²) in [7, 11) is 0. The van der Waals surface area contributed by atoms with Crippen molar-refractivity contribution in [3.05, 3.63) is 265 Å². The lowest BCUT2D eigenvalue weighted by Crippen LogP contribution is -2.17. The number of fused-ring (bicyclic) bond motifs is 12. The van der Waals surface area contributed by atoms with Crippen molar-refractivity contribution < 1.29 is 0 Å². The van der Waals surface area contributed by atoms with E-state index in [1.165, 1.54) is 108 Å². The third kappa shape index (κ3) is 6.99. The normalized spacial score (nSPS) is 12.7. The minimum absolute atomic E-state index is 0.272. The predicted octanol–water partition coefficient (Wildman–Crippen LogP) is 20.7. The van der Waals surface area contributed by atoms with E-state index in [1.807, 2.05) is 11.3 Å². The van der Waals surface area contributed by atoms with Crippen molar-refractivity contribution in [1.82, 2.24) is 0 Å². The molecule has 352 valence electrons. The van der Waals surface area contributed by atoms with Gasteiger partial charge in [0.25, 0.3) is 0 Å². The first-order chi connectivity index (χ1) is 36.3. The molecule has 3 heteroatoms. The lowest BCUT2D eigenvalue weighted by molar-refractivity contribution is 0.660. The highest BCUT2D eigenvalue weighted by molar-refractivity contribution is 7.26. The summed E-state index contributed by atoms with van der Waals surface area (Å²) in [5.41, 5.74) is 19.3. The maximum Gasteiger partial charge on any atom is 0.0468 e. The average Bonchev–Trinajstić information content (AvgIpc) is 3.97. The van der Waals surface area contributed by atoms with Gasteiger partial charge in [-0.3, -0.25) is 0 Å². The SMILES string of the molecule is Cc1cc(-c2cccc3c2sc2ccccc23)ccc1-c1ccc(N(c2ccc3c(c2)C(C)(C)c2cc(N(c4ccccc4)c4ccccc4)ccc2-3)c2ccc3c4ccccc4c4ccccc4c3c2)cc1C. The Kier molecular flexibility index (Phi) is 10.2. The van der Waals surface area contributed by atoms with Crippen molar-refractivity contribution in [2.75, 3.05) is 9.80 Å². The van der Waals surface area contributed by atoms with Crippen LogP contribution < -0.4 is 9.80 Å². The van der Waals surface area contributed by atoms with Crippen molar-refractivity contribution >= 4 is 98.0 Å². The topological polar surface area (TPSA) is 6.48 Å². The molecule has 1 aromatic heterocycles. The second-order valence-corrected chi connectivity index (χ2v) is 21.6. The first kappa shape index (κ1) is 44.0. The van der Waals surface area contributed by atoms with Crippen molar-refractivity contribution in [2.45, 2.75) is 33.1 Å². The molecule has 13 aromatic rings. The van der Waals surface area contributed by atoms with Crippen LogP contribution in [0.4, 0.5) is 34.1 Å². The molecule has 0 radical (unpaired) electrons. The van der Waals surface area contributed by atoms with Gasteiger partial charge in [-0.2, -0.15) is 0 Å². The van der Waals surface area contributed by atoms with E-state index in [0.29, 0.717) is 0 Å². The fraction of sp³-hybridized carbons (Fsp3) is 0.0704. The van der Waals surface area contributed by atoms with E-state index in [0.717, 1.165) is 34.1 Å². The van der Waals surface area contributed by atoms with Gasteiger partial charge in [0.2, 0.25) is 0 Å². The van der Waals surface area contributed by atoms with Crippen LogP contribution in [-0.4, -0.2) is 0 Å². The largest absolute Gasteiger partial charge is 0.310 e. The monoisotopic (exact) mass is 964 g/mol. The van der Waals surface area contributed by atoms with E-state index in [-0.39, 0.29) is 5.41 Å². The van der Waals surface area contributed by atoms with Crippen molar-refractivity contribution in [2.24, 2.45) is 0 Å². The minimum Gasteiger partial charge on any atom is -0.310 e. The van der Waals surface area contributed by atoms with Crippen LogP contribution in [0.2, 0.25) is 0 Å². The number of hydrogen-bond acceptors (Lipinski definition) is 3. The summed E-state index contributed by atoms with van der Waals surface area (Å²) in [5, 5.41) is 10.3. The molecule has 0 fully saturated rings. The van der Waals surface area contributed by atoms with E-state index in [9.17, 15) is 0 Å². The summed E-state index contributed by atoms with van der Waals surface area (Å²) >= 11 is 1.89. The third-order valence-electron chi connectivity index (χ3n) is 15.9. The Labute approximate surface area is 436 Å². The number of aryl methyl sites for hydroxylation is 2. The molecular formula is C71H52N2S. The Balaban J connectivity index is 0.895. The quantitative estimate of drug-likeness (QED) is 0.140. The standard InChI is InChI=1S/C71H52N2S/c1-45-40-47(56-27-17-28-65-64-26-15-16-29-69(64)74-70(56)65)30-35-54(45)55-36-31-50(41-46(55)2)73(51-32-37-61-59-24-12-11-22-57(59)58-23-13-14-25-60(58)66(61)42-51)53-34-39-63-62-38-33-52(43-67(62)71(3,4)68(63)44-53)72(48-18-7-5-8-19-48)49-20-9-6-10-21-49/h5-44H,1-4H3. The molecule has 14 rings (SSSR count). The zero-order valence-corrected chi connectivity index (χ0v) is 42.7. The van der Waals surface area contributed by atoms with Gasteiger partial charge in [-0.15, -0.1) is 11.3 Å². The van der Waals surface area contributed by atoms with E-state index in [2.05, 4.69) is 280 Å². The number of anilines is 6. The summed E-state index contributed by atoms with van der Waals surface area (Å²) in [6, 6.07) is 90.1. The van der Waals surface area contributed by atoms with Crippen LogP contribution in [0.3, 0.4) is 0 Å². The van der Waals surface area contributed by atoms with Gasteiger partial charge >= 0.3 is 0 Å². The van der Waals surface area contributed by atoms with Gasteiger partial charge in [-0.1, -0.05) is 178 Å². The minimum atomic E-state index is -0.272. The van der Waals surface area contributed by atoms with Crippen LogP contribution in [0.15, 0.2) is 243 Å². The van der Waals surface area contributed by atoms with Crippen LogP contribution >= 0.6 is 11.3 Å². The van der Waals surface area contributed by atoms with Crippen molar-refractivity contribution in [3.63, 3.8) is 0 Å². The molecule has 0 atom stereocenters. The van der Waals surface area contributed by atoms with Crippen LogP contribution in [0, 0.1) is 13.8 Å². The highest BCUT2D eigenvalue weighted by Gasteiger charge is 2.37. The number of hydrogen-bond donors (Lipinski definition) is 0. The fourth-order valence-corrected chi connectivity index (χ4v) is 13.5. The predicted molar refractivity (Wildman–Crippen MR) is 319 cm³/mol. The number of para-hydroxylation sites is 2. The maximum absolute atomic E-state index is 2.49. The smallest absolute Gasteiger partial charge is 0.0468 e. The fourth-order valence-electron chi connectivity index (χ4n) is 12.3. The Morgan fingerprint density at radius 2 is 0.730 bits per heavy atom. The molecule has 0 N–H and O–H groups in total. The van der Waals surface area contributed by atoms with E-state index in [4.69, 9.17) is 0 Å². The first-order valence-corrected chi connectivity index (χ1v) is 26.6. The molecule has 0 unspecified atom stereocenters. The lowest BCUT2D eigenvalue weighted by Gasteiger charge is -2.30. The molecule has 12 aromatic carbocycles. The van der Waals surface area contributed by atoms with Crippen LogP contribution in [-0.2, 0) is 5.41 Å². The van der Waals surface area contributed by atoms with Gasteiger partial charge in [-0.05, 0) is 181 Å². The number of rotatable bonds is 8. The number of nitrogens with zero attached hydrogens (tertiary/aromatic N) is 2. The van der Waals surface area contributed by atoms with Crippen LogP contribution in [0.5, 0.6) is 0 Å². The average molecular weight is 965 g/mol. The Morgan fingerprint density at radius 1 is 0.297 bits per heavy atom. The second kappa shape index (κ2) is 17.2. The number of benzene rings is 12.